The fourth-order valence-electron chi connectivity index (χ4n) is 1.19. The second-order valence-electron chi connectivity index (χ2n) is 2.98. The van der Waals surface area contributed by atoms with Crippen molar-refractivity contribution >= 4 is 0 Å². The van der Waals surface area contributed by atoms with E-state index < -0.39 is 0 Å². The van der Waals surface area contributed by atoms with Gasteiger partial charge in [-0.1, -0.05) is 26.7 Å². The number of hydrogen-bond donors (Lipinski definition) is 1. The molecule has 0 spiro atoms. The molecule has 0 saturated heterocycles. The maximum Gasteiger partial charge on any atom is 0.0514 e. The molecule has 0 aliphatic carbocycles. The summed E-state index contributed by atoms with van der Waals surface area (Å²) in [5.74, 6) is 0.690. The van der Waals surface area contributed by atoms with Crippen molar-refractivity contribution in [3.05, 3.63) is 0 Å². The molecule has 1 N–H and O–H groups in total. The lowest BCUT2D eigenvalue weighted by atomic mass is 10.00. The van der Waals surface area contributed by atoms with E-state index in [0.717, 1.165) is 6.42 Å². The highest BCUT2D eigenvalue weighted by Gasteiger charge is 2.03. The van der Waals surface area contributed by atoms with Gasteiger partial charge in [0, 0.05) is 0 Å². The molecule has 1 nitrogen and oxygen atoms in total. The quantitative estimate of drug-likeness (QED) is 0.618. The predicted molar refractivity (Wildman–Crippen MR) is 40.4 cm³/mol. The molecule has 0 rings (SSSR count). The Balaban J connectivity index is 3.15. The SMILES string of the molecule is CCCC(C)C[C@@H](C)O. The van der Waals surface area contributed by atoms with Crippen LogP contribution in [0.15, 0.2) is 0 Å². The molecule has 0 saturated carbocycles. The molecule has 0 amide bonds. The molecule has 0 fully saturated rings. The van der Waals surface area contributed by atoms with E-state index in [4.69, 9.17) is 5.11 Å². The Hall–Kier alpha value is -0.0400. The molecule has 0 radical (unpaired) electrons. The zero-order valence-corrected chi connectivity index (χ0v) is 6.72. The summed E-state index contributed by atoms with van der Waals surface area (Å²) in [6.07, 6.45) is 3.30. The first-order chi connectivity index (χ1) is 4.16. The van der Waals surface area contributed by atoms with E-state index in [-0.39, 0.29) is 6.10 Å². The van der Waals surface area contributed by atoms with Crippen molar-refractivity contribution in [2.75, 3.05) is 0 Å². The predicted octanol–water partition coefficient (Wildman–Crippen LogP) is 2.19. The number of aliphatic hydroxyl groups is 1. The minimum atomic E-state index is -0.119. The van der Waals surface area contributed by atoms with Crippen LogP contribution < -0.4 is 0 Å². The topological polar surface area (TPSA) is 20.2 Å². The van der Waals surface area contributed by atoms with Crippen LogP contribution >= 0.6 is 0 Å². The van der Waals surface area contributed by atoms with E-state index in [1.165, 1.54) is 12.8 Å². The lowest BCUT2D eigenvalue weighted by molar-refractivity contribution is 0.161. The molecule has 0 aromatic heterocycles. The highest BCUT2D eigenvalue weighted by atomic mass is 16.3. The largest absolute Gasteiger partial charge is 0.393 e. The molecule has 0 aromatic carbocycles. The molecule has 0 heterocycles. The molecule has 0 bridgehead atoms. The third-order valence-corrected chi connectivity index (χ3v) is 1.52. The molecule has 1 heteroatoms. The Labute approximate surface area is 58.1 Å². The van der Waals surface area contributed by atoms with E-state index >= 15 is 0 Å². The van der Waals surface area contributed by atoms with Crippen molar-refractivity contribution in [2.24, 2.45) is 5.92 Å². The van der Waals surface area contributed by atoms with Gasteiger partial charge in [-0.05, 0) is 19.3 Å². The Morgan fingerprint density at radius 3 is 2.22 bits per heavy atom. The molecule has 0 aromatic rings. The van der Waals surface area contributed by atoms with Gasteiger partial charge in [0.1, 0.15) is 0 Å². The lowest BCUT2D eigenvalue weighted by Gasteiger charge is -2.10. The maximum atomic E-state index is 8.95. The van der Waals surface area contributed by atoms with Crippen LogP contribution in [0.5, 0.6) is 0 Å². The van der Waals surface area contributed by atoms with Gasteiger partial charge in [-0.2, -0.15) is 0 Å². The van der Waals surface area contributed by atoms with Crippen molar-refractivity contribution in [1.82, 2.24) is 0 Å². The molecular weight excluding hydrogens is 112 g/mol. The first-order valence-electron chi connectivity index (χ1n) is 3.84. The molecule has 0 aliphatic heterocycles. The van der Waals surface area contributed by atoms with Crippen LogP contribution in [0.3, 0.4) is 0 Å². The third kappa shape index (κ3) is 5.84. The van der Waals surface area contributed by atoms with Gasteiger partial charge in [-0.25, -0.2) is 0 Å². The van der Waals surface area contributed by atoms with Crippen LogP contribution in [-0.4, -0.2) is 11.2 Å². The van der Waals surface area contributed by atoms with Gasteiger partial charge < -0.3 is 5.11 Å². The summed E-state index contributed by atoms with van der Waals surface area (Å²) in [5.41, 5.74) is 0. The van der Waals surface area contributed by atoms with E-state index in [0.29, 0.717) is 5.92 Å². The maximum absolute atomic E-state index is 8.95. The summed E-state index contributed by atoms with van der Waals surface area (Å²) in [6, 6.07) is 0. The molecular formula is C8H18O. The lowest BCUT2D eigenvalue weighted by Crippen LogP contribution is -2.06. The Morgan fingerprint density at radius 2 is 1.89 bits per heavy atom. The highest BCUT2D eigenvalue weighted by Crippen LogP contribution is 2.11. The standard InChI is InChI=1S/C8H18O/c1-4-5-7(2)6-8(3)9/h7-9H,4-6H2,1-3H3/t7?,8-/m1/s1. The van der Waals surface area contributed by atoms with E-state index in [1.54, 1.807) is 0 Å². The summed E-state index contributed by atoms with van der Waals surface area (Å²) >= 11 is 0. The number of aliphatic hydroxyl groups excluding tert-OH is 1. The summed E-state index contributed by atoms with van der Waals surface area (Å²) < 4.78 is 0. The van der Waals surface area contributed by atoms with Gasteiger partial charge >= 0.3 is 0 Å². The molecule has 0 aliphatic rings. The van der Waals surface area contributed by atoms with Gasteiger partial charge in [-0.3, -0.25) is 0 Å². The fourth-order valence-corrected chi connectivity index (χ4v) is 1.19. The van der Waals surface area contributed by atoms with Crippen LogP contribution in [0.1, 0.15) is 40.0 Å². The summed E-state index contributed by atoms with van der Waals surface area (Å²) in [7, 11) is 0. The minimum Gasteiger partial charge on any atom is -0.393 e. The fraction of sp³-hybridized carbons (Fsp3) is 1.00. The smallest absolute Gasteiger partial charge is 0.0514 e. The molecule has 2 atom stereocenters. The van der Waals surface area contributed by atoms with Crippen LogP contribution in [0, 0.1) is 5.92 Å². The molecule has 56 valence electrons. The minimum absolute atomic E-state index is 0.119. The first kappa shape index (κ1) is 8.96. The van der Waals surface area contributed by atoms with E-state index in [2.05, 4.69) is 13.8 Å². The first-order valence-corrected chi connectivity index (χ1v) is 3.84. The zero-order chi connectivity index (χ0) is 7.28. The van der Waals surface area contributed by atoms with Crippen LogP contribution in [0.25, 0.3) is 0 Å². The summed E-state index contributed by atoms with van der Waals surface area (Å²) in [4.78, 5) is 0. The van der Waals surface area contributed by atoms with Crippen molar-refractivity contribution in [2.45, 2.75) is 46.1 Å². The van der Waals surface area contributed by atoms with E-state index in [1.807, 2.05) is 6.92 Å². The number of rotatable bonds is 4. The monoisotopic (exact) mass is 130 g/mol. The van der Waals surface area contributed by atoms with Gasteiger partial charge in [0.2, 0.25) is 0 Å². The number of hydrogen-bond acceptors (Lipinski definition) is 1. The Kier molecular flexibility index (Phi) is 4.78. The zero-order valence-electron chi connectivity index (χ0n) is 6.72. The van der Waals surface area contributed by atoms with Crippen molar-refractivity contribution < 1.29 is 5.11 Å². The van der Waals surface area contributed by atoms with Crippen molar-refractivity contribution in [3.8, 4) is 0 Å². The normalized spacial score (nSPS) is 17.3. The van der Waals surface area contributed by atoms with Crippen molar-refractivity contribution in [3.63, 3.8) is 0 Å². The van der Waals surface area contributed by atoms with Crippen LogP contribution in [-0.2, 0) is 0 Å². The van der Waals surface area contributed by atoms with Gasteiger partial charge in [0.05, 0.1) is 6.10 Å². The summed E-state index contributed by atoms with van der Waals surface area (Å²) in [6.45, 7) is 6.22. The second kappa shape index (κ2) is 4.80. The second-order valence-corrected chi connectivity index (χ2v) is 2.98. The Bertz CT molecular complexity index is 59.6. The van der Waals surface area contributed by atoms with Crippen LogP contribution in [0.2, 0.25) is 0 Å². The Morgan fingerprint density at radius 1 is 1.33 bits per heavy atom. The van der Waals surface area contributed by atoms with Gasteiger partial charge in [0.25, 0.3) is 0 Å². The third-order valence-electron chi connectivity index (χ3n) is 1.52. The van der Waals surface area contributed by atoms with Crippen LogP contribution in [0.4, 0.5) is 0 Å². The van der Waals surface area contributed by atoms with Gasteiger partial charge in [0.15, 0.2) is 0 Å². The molecule has 9 heavy (non-hydrogen) atoms. The molecule has 1 unspecified atom stereocenters. The highest BCUT2D eigenvalue weighted by molar-refractivity contribution is 4.55. The average Bonchev–Trinajstić information content (AvgIpc) is 1.63. The van der Waals surface area contributed by atoms with Crippen molar-refractivity contribution in [1.29, 1.82) is 0 Å². The van der Waals surface area contributed by atoms with E-state index in [9.17, 15) is 0 Å². The van der Waals surface area contributed by atoms with Gasteiger partial charge in [-0.15, -0.1) is 0 Å². The average molecular weight is 130 g/mol. The summed E-state index contributed by atoms with van der Waals surface area (Å²) in [5, 5.41) is 8.95.